The van der Waals surface area contributed by atoms with E-state index in [1.165, 1.54) is 18.3 Å². The van der Waals surface area contributed by atoms with Gasteiger partial charge < -0.3 is 0 Å². The van der Waals surface area contributed by atoms with Gasteiger partial charge in [0.15, 0.2) is 0 Å². The summed E-state index contributed by atoms with van der Waals surface area (Å²) in [7, 11) is 0. The van der Waals surface area contributed by atoms with Crippen LogP contribution in [0.3, 0.4) is 0 Å². The molecule has 27 heavy (non-hydrogen) atoms. The molecule has 6 heteroatoms. The molecule has 0 saturated heterocycles. The smallest absolute Gasteiger partial charge is 0.272 e. The van der Waals surface area contributed by atoms with Gasteiger partial charge in [0.05, 0.1) is 11.9 Å². The van der Waals surface area contributed by atoms with Crippen molar-refractivity contribution in [3.63, 3.8) is 0 Å². The molecule has 2 N–H and O–H groups in total. The van der Waals surface area contributed by atoms with Crippen molar-refractivity contribution in [1.82, 2.24) is 15.6 Å². The van der Waals surface area contributed by atoms with Crippen LogP contribution in [0.4, 0.5) is 4.39 Å². The fourth-order valence-electron chi connectivity index (χ4n) is 2.80. The zero-order valence-corrected chi connectivity index (χ0v) is 14.2. The predicted octanol–water partition coefficient (Wildman–Crippen LogP) is 4.13. The van der Waals surface area contributed by atoms with Crippen LogP contribution in [-0.4, -0.2) is 22.3 Å². The normalized spacial score (nSPS) is 11.1. The number of hydrogen-bond donors (Lipinski definition) is 2. The van der Waals surface area contributed by atoms with Gasteiger partial charge in [-0.3, -0.25) is 9.89 Å². The zero-order valence-electron chi connectivity index (χ0n) is 14.2. The quantitative estimate of drug-likeness (QED) is 0.425. The van der Waals surface area contributed by atoms with Crippen LogP contribution in [0.25, 0.3) is 22.0 Å². The maximum Gasteiger partial charge on any atom is 0.289 e. The highest BCUT2D eigenvalue weighted by atomic mass is 19.1. The SMILES string of the molecule is O=C(N/N=C/c1ccc(F)cc1)c1cc(-c2cccc3ccccc23)n[nH]1. The van der Waals surface area contributed by atoms with Gasteiger partial charge in [0, 0.05) is 5.56 Å². The second-order valence-corrected chi connectivity index (χ2v) is 5.94. The van der Waals surface area contributed by atoms with Gasteiger partial charge in [-0.2, -0.15) is 10.2 Å². The monoisotopic (exact) mass is 358 g/mol. The van der Waals surface area contributed by atoms with E-state index < -0.39 is 5.91 Å². The van der Waals surface area contributed by atoms with Gasteiger partial charge in [-0.25, -0.2) is 9.82 Å². The molecule has 4 aromatic rings. The second kappa shape index (κ2) is 7.21. The number of hydrazone groups is 1. The third-order valence-corrected chi connectivity index (χ3v) is 4.14. The molecule has 0 bridgehead atoms. The van der Waals surface area contributed by atoms with Crippen molar-refractivity contribution in [2.24, 2.45) is 5.10 Å². The van der Waals surface area contributed by atoms with E-state index in [4.69, 9.17) is 0 Å². The van der Waals surface area contributed by atoms with Crippen molar-refractivity contribution in [3.05, 3.63) is 89.9 Å². The average molecular weight is 358 g/mol. The Balaban J connectivity index is 1.52. The number of rotatable bonds is 4. The number of hydrogen-bond acceptors (Lipinski definition) is 3. The summed E-state index contributed by atoms with van der Waals surface area (Å²) >= 11 is 0. The van der Waals surface area contributed by atoms with Gasteiger partial charge >= 0.3 is 0 Å². The average Bonchev–Trinajstić information content (AvgIpc) is 3.19. The molecular formula is C21H15FN4O. The van der Waals surface area contributed by atoms with Crippen molar-refractivity contribution in [2.45, 2.75) is 0 Å². The molecule has 0 saturated carbocycles. The number of aromatic nitrogens is 2. The van der Waals surface area contributed by atoms with Crippen LogP contribution < -0.4 is 5.43 Å². The lowest BCUT2D eigenvalue weighted by molar-refractivity contribution is 0.0950. The highest BCUT2D eigenvalue weighted by Gasteiger charge is 2.12. The minimum Gasteiger partial charge on any atom is -0.272 e. The molecule has 0 radical (unpaired) electrons. The Morgan fingerprint density at radius 2 is 1.81 bits per heavy atom. The molecule has 1 heterocycles. The molecule has 1 aromatic heterocycles. The van der Waals surface area contributed by atoms with Gasteiger partial charge in [-0.15, -0.1) is 0 Å². The van der Waals surface area contributed by atoms with E-state index >= 15 is 0 Å². The van der Waals surface area contributed by atoms with Crippen LogP contribution in [0.2, 0.25) is 0 Å². The summed E-state index contributed by atoms with van der Waals surface area (Å²) in [6, 6.07) is 21.4. The van der Waals surface area contributed by atoms with Crippen molar-refractivity contribution >= 4 is 22.9 Å². The predicted molar refractivity (Wildman–Crippen MR) is 103 cm³/mol. The lowest BCUT2D eigenvalue weighted by Gasteiger charge is -2.02. The van der Waals surface area contributed by atoms with E-state index in [2.05, 4.69) is 20.7 Å². The van der Waals surface area contributed by atoms with E-state index in [0.29, 0.717) is 17.0 Å². The van der Waals surface area contributed by atoms with Crippen molar-refractivity contribution in [3.8, 4) is 11.3 Å². The van der Waals surface area contributed by atoms with Gasteiger partial charge in [0.2, 0.25) is 0 Å². The second-order valence-electron chi connectivity index (χ2n) is 5.94. The molecule has 0 spiro atoms. The molecule has 3 aromatic carbocycles. The van der Waals surface area contributed by atoms with Gasteiger partial charge in [-0.1, -0.05) is 54.6 Å². The van der Waals surface area contributed by atoms with E-state index in [9.17, 15) is 9.18 Å². The van der Waals surface area contributed by atoms with Crippen LogP contribution in [0.5, 0.6) is 0 Å². The highest BCUT2D eigenvalue weighted by molar-refractivity contribution is 5.98. The number of H-pyrrole nitrogens is 1. The molecule has 132 valence electrons. The van der Waals surface area contributed by atoms with Gasteiger partial charge in [0.25, 0.3) is 5.91 Å². The Morgan fingerprint density at radius 3 is 2.67 bits per heavy atom. The third kappa shape index (κ3) is 3.59. The number of halogens is 1. The van der Waals surface area contributed by atoms with Crippen LogP contribution >= 0.6 is 0 Å². The standard InChI is InChI=1S/C21H15FN4O/c22-16-10-8-14(9-11-16)13-23-26-21(27)20-12-19(24-25-20)18-7-3-5-15-4-1-2-6-17(15)18/h1-13H,(H,24,25)(H,26,27)/b23-13+. The van der Waals surface area contributed by atoms with E-state index in [-0.39, 0.29) is 5.82 Å². The largest absolute Gasteiger partial charge is 0.289 e. The number of nitrogens with zero attached hydrogens (tertiary/aromatic N) is 2. The first-order valence-electron chi connectivity index (χ1n) is 8.33. The molecule has 0 aliphatic rings. The summed E-state index contributed by atoms with van der Waals surface area (Å²) < 4.78 is 12.9. The minimum atomic E-state index is -0.410. The Morgan fingerprint density at radius 1 is 1.04 bits per heavy atom. The molecule has 0 atom stereocenters. The maximum absolute atomic E-state index is 12.9. The Labute approximate surface area is 154 Å². The molecule has 1 amide bonds. The van der Waals surface area contributed by atoms with E-state index in [0.717, 1.165) is 16.3 Å². The Bertz CT molecular complexity index is 1130. The number of amides is 1. The molecule has 0 aliphatic heterocycles. The summed E-state index contributed by atoms with van der Waals surface area (Å²) in [5.41, 5.74) is 5.03. The number of aromatic amines is 1. The summed E-state index contributed by atoms with van der Waals surface area (Å²) in [4.78, 5) is 12.2. The zero-order chi connectivity index (χ0) is 18.6. The van der Waals surface area contributed by atoms with Crippen LogP contribution in [0, 0.1) is 5.82 Å². The summed E-state index contributed by atoms with van der Waals surface area (Å²) in [6.07, 6.45) is 1.44. The fourth-order valence-corrected chi connectivity index (χ4v) is 2.80. The number of carbonyl (C=O) groups is 1. The lowest BCUT2D eigenvalue weighted by atomic mass is 10.0. The molecule has 0 fully saturated rings. The van der Waals surface area contributed by atoms with E-state index in [1.807, 2.05) is 42.5 Å². The molecular weight excluding hydrogens is 343 g/mol. The summed E-state index contributed by atoms with van der Waals surface area (Å²) in [5.74, 6) is -0.734. The molecule has 5 nitrogen and oxygen atoms in total. The summed E-state index contributed by atoms with van der Waals surface area (Å²) in [5, 5.41) is 13.0. The molecule has 0 unspecified atom stereocenters. The van der Waals surface area contributed by atoms with Crippen molar-refractivity contribution in [1.29, 1.82) is 0 Å². The first-order chi connectivity index (χ1) is 13.2. The third-order valence-electron chi connectivity index (χ3n) is 4.14. The Kier molecular flexibility index (Phi) is 4.45. The molecule has 4 rings (SSSR count). The van der Waals surface area contributed by atoms with Crippen molar-refractivity contribution < 1.29 is 9.18 Å². The number of benzene rings is 3. The summed E-state index contributed by atoms with van der Waals surface area (Å²) in [6.45, 7) is 0. The first-order valence-corrected chi connectivity index (χ1v) is 8.33. The minimum absolute atomic E-state index is 0.300. The lowest BCUT2D eigenvalue weighted by Crippen LogP contribution is -2.17. The topological polar surface area (TPSA) is 70.1 Å². The maximum atomic E-state index is 12.9. The van der Waals surface area contributed by atoms with Crippen LogP contribution in [0.1, 0.15) is 16.1 Å². The fraction of sp³-hybridized carbons (Fsp3) is 0. The highest BCUT2D eigenvalue weighted by Crippen LogP contribution is 2.27. The van der Waals surface area contributed by atoms with E-state index in [1.54, 1.807) is 18.2 Å². The van der Waals surface area contributed by atoms with Crippen LogP contribution in [0.15, 0.2) is 77.9 Å². The van der Waals surface area contributed by atoms with Gasteiger partial charge in [-0.05, 0) is 34.5 Å². The number of fused-ring (bicyclic) bond motifs is 1. The van der Waals surface area contributed by atoms with Crippen molar-refractivity contribution in [2.75, 3.05) is 0 Å². The first kappa shape index (κ1) is 16.7. The Hall–Kier alpha value is -3.80. The number of nitrogens with one attached hydrogen (secondary N) is 2. The number of carbonyl (C=O) groups excluding carboxylic acids is 1. The molecule has 0 aliphatic carbocycles. The van der Waals surface area contributed by atoms with Crippen LogP contribution in [-0.2, 0) is 0 Å². The van der Waals surface area contributed by atoms with Gasteiger partial charge in [0.1, 0.15) is 11.5 Å².